The Morgan fingerprint density at radius 2 is 0.536 bits per heavy atom. The lowest BCUT2D eigenvalue weighted by molar-refractivity contribution is -0.140. The summed E-state index contributed by atoms with van der Waals surface area (Å²) < 4.78 is 25.1. The number of hydrogen-bond acceptors (Lipinski definition) is 8. The van der Waals surface area contributed by atoms with Crippen LogP contribution in [0.3, 0.4) is 0 Å². The molecule has 0 fully saturated rings. The second kappa shape index (κ2) is 21.9. The predicted molar refractivity (Wildman–Crippen MR) is 226 cm³/mol. The number of carbonyl (C=O) groups excluding carboxylic acids is 4. The van der Waals surface area contributed by atoms with E-state index in [0.29, 0.717) is 83.7 Å². The maximum atomic E-state index is 13.8. The molecule has 4 aromatic carbocycles. The molecule has 0 saturated carbocycles. The van der Waals surface area contributed by atoms with Crippen LogP contribution in [-0.4, -0.2) is 23.9 Å². The van der Waals surface area contributed by atoms with E-state index in [4.69, 9.17) is 18.9 Å². The number of benzene rings is 4. The van der Waals surface area contributed by atoms with E-state index in [1.54, 1.807) is 12.1 Å². The van der Waals surface area contributed by atoms with Crippen LogP contribution in [0.5, 0.6) is 23.0 Å². The van der Waals surface area contributed by atoms with Crippen LogP contribution in [0.4, 0.5) is 0 Å². The smallest absolute Gasteiger partial charge is 0.314 e. The van der Waals surface area contributed by atoms with Crippen molar-refractivity contribution in [1.29, 1.82) is 0 Å². The van der Waals surface area contributed by atoms with Crippen LogP contribution in [0, 0.1) is 23.7 Å². The fourth-order valence-electron chi connectivity index (χ4n) is 8.28. The van der Waals surface area contributed by atoms with Crippen molar-refractivity contribution in [2.24, 2.45) is 23.7 Å². The van der Waals surface area contributed by atoms with E-state index in [9.17, 15) is 19.2 Å². The van der Waals surface area contributed by atoms with Gasteiger partial charge < -0.3 is 18.9 Å². The second-order valence-corrected chi connectivity index (χ2v) is 15.6. The van der Waals surface area contributed by atoms with Gasteiger partial charge in [0.1, 0.15) is 23.0 Å². The Bertz CT molecular complexity index is 1620. The van der Waals surface area contributed by atoms with Gasteiger partial charge in [0, 0.05) is 44.5 Å². The highest BCUT2D eigenvalue weighted by molar-refractivity contribution is 6.28. The molecule has 0 unspecified atom stereocenters. The molecule has 0 aliphatic heterocycles. The number of ether oxygens (including phenoxy) is 4. The molecule has 0 N–H and O–H groups in total. The van der Waals surface area contributed by atoms with Crippen molar-refractivity contribution in [3.63, 3.8) is 0 Å². The molecule has 56 heavy (non-hydrogen) atoms. The van der Waals surface area contributed by atoms with Crippen LogP contribution in [0.2, 0.25) is 0 Å². The van der Waals surface area contributed by atoms with Gasteiger partial charge in [0.05, 0.1) is 23.7 Å². The van der Waals surface area contributed by atoms with Crippen molar-refractivity contribution in [1.82, 2.24) is 0 Å². The van der Waals surface area contributed by atoms with Gasteiger partial charge in [-0.3, -0.25) is 19.2 Å². The normalized spacial score (nSPS) is 11.9. The Morgan fingerprint density at radius 3 is 0.696 bits per heavy atom. The molecule has 0 aromatic heterocycles. The van der Waals surface area contributed by atoms with Gasteiger partial charge in [-0.05, 0) is 75.6 Å². The summed E-state index contributed by atoms with van der Waals surface area (Å²) in [7, 11) is 0. The van der Waals surface area contributed by atoms with Crippen LogP contribution in [0.25, 0.3) is 32.3 Å². The first-order valence-electron chi connectivity index (χ1n) is 21.8. The van der Waals surface area contributed by atoms with Gasteiger partial charge in [-0.2, -0.15) is 0 Å². The lowest BCUT2D eigenvalue weighted by Crippen LogP contribution is -2.22. The van der Waals surface area contributed by atoms with Gasteiger partial charge in [0.25, 0.3) is 0 Å². The monoisotopic (exact) mass is 770 g/mol. The van der Waals surface area contributed by atoms with E-state index in [1.165, 1.54) is 0 Å². The molecule has 8 heteroatoms. The van der Waals surface area contributed by atoms with Crippen molar-refractivity contribution in [2.45, 2.75) is 158 Å². The first-order valence-corrected chi connectivity index (χ1v) is 21.8. The molecule has 0 radical (unpaired) electrons. The minimum absolute atomic E-state index is 0.275. The third kappa shape index (κ3) is 10.6. The fraction of sp³-hybridized carbons (Fsp3) is 0.583. The zero-order valence-corrected chi connectivity index (χ0v) is 35.4. The summed E-state index contributed by atoms with van der Waals surface area (Å²) in [4.78, 5) is 55.2. The average molecular weight is 771 g/mol. The maximum absolute atomic E-state index is 13.8. The van der Waals surface area contributed by atoms with E-state index in [-0.39, 0.29) is 70.5 Å². The molecular formula is C48H66O8. The highest BCUT2D eigenvalue weighted by Gasteiger charge is 2.29. The Kier molecular flexibility index (Phi) is 17.4. The van der Waals surface area contributed by atoms with Crippen LogP contribution in [-0.2, 0) is 19.2 Å². The topological polar surface area (TPSA) is 105 Å². The van der Waals surface area contributed by atoms with E-state index in [0.717, 1.165) is 51.4 Å². The van der Waals surface area contributed by atoms with Crippen LogP contribution in [0.15, 0.2) is 36.4 Å². The summed E-state index contributed by atoms with van der Waals surface area (Å²) in [5.74, 6) is -1.23. The van der Waals surface area contributed by atoms with Crippen LogP contribution in [0.1, 0.15) is 158 Å². The summed E-state index contributed by atoms with van der Waals surface area (Å²) in [6.45, 7) is 16.5. The van der Waals surface area contributed by atoms with Gasteiger partial charge in [-0.1, -0.05) is 107 Å². The standard InChI is InChI=1S/C48H66O8/c1-9-17-31(18-10-2)45(49)53-39-29-40(54-46(50)32(19-11-3)20-12-4)36-27-28-38-42(56-48(52)34(23-15-7)24-16-8)30-41(37-26-25-35(39)43(36)44(37)38)55-47(51)33(21-13-5)22-14-6/h25-34H,9-24H2,1-8H3. The first kappa shape index (κ1) is 44.5. The first-order chi connectivity index (χ1) is 27.1. The van der Waals surface area contributed by atoms with Crippen molar-refractivity contribution in [3.8, 4) is 23.0 Å². The molecule has 0 aliphatic carbocycles. The molecular weight excluding hydrogens is 705 g/mol. The molecule has 306 valence electrons. The lowest BCUT2D eigenvalue weighted by atomic mass is 9.92. The highest BCUT2D eigenvalue weighted by Crippen LogP contribution is 2.49. The van der Waals surface area contributed by atoms with Gasteiger partial charge in [-0.15, -0.1) is 0 Å². The summed E-state index contributed by atoms with van der Waals surface area (Å²) in [5, 5.41) is 3.91. The summed E-state index contributed by atoms with van der Waals surface area (Å²) in [5.41, 5.74) is 0. The van der Waals surface area contributed by atoms with Gasteiger partial charge in [0.15, 0.2) is 0 Å². The fourth-order valence-corrected chi connectivity index (χ4v) is 8.28. The molecule has 0 amide bonds. The van der Waals surface area contributed by atoms with Crippen LogP contribution < -0.4 is 18.9 Å². The minimum Gasteiger partial charge on any atom is -0.426 e. The van der Waals surface area contributed by atoms with Crippen molar-refractivity contribution >= 4 is 56.2 Å². The number of hydrogen-bond donors (Lipinski definition) is 0. The SMILES string of the molecule is CCCC(CCC)C(=O)Oc1cc(OC(=O)C(CCC)CCC)c2ccc3c(OC(=O)C(CCC)CCC)cc(OC(=O)C(CCC)CCC)c4ccc1c2c43. The number of esters is 4. The van der Waals surface area contributed by atoms with E-state index in [1.807, 2.05) is 24.3 Å². The zero-order valence-electron chi connectivity index (χ0n) is 35.4. The highest BCUT2D eigenvalue weighted by atomic mass is 16.6. The quantitative estimate of drug-likeness (QED) is 0.0394. The molecule has 0 aliphatic rings. The Labute approximate surface area is 334 Å². The maximum Gasteiger partial charge on any atom is 0.314 e. The van der Waals surface area contributed by atoms with Crippen LogP contribution >= 0.6 is 0 Å². The van der Waals surface area contributed by atoms with E-state index < -0.39 is 0 Å². The largest absolute Gasteiger partial charge is 0.426 e. The molecule has 0 atom stereocenters. The predicted octanol–water partition coefficient (Wildman–Crippen LogP) is 13.1. The van der Waals surface area contributed by atoms with E-state index in [2.05, 4.69) is 55.4 Å². The molecule has 0 bridgehead atoms. The molecule has 0 saturated heterocycles. The Balaban J connectivity index is 2.04. The number of carbonyl (C=O) groups is 4. The summed E-state index contributed by atoms with van der Waals surface area (Å²) in [6.07, 6.45) is 12.4. The molecule has 4 rings (SSSR count). The minimum atomic E-state index is -0.323. The van der Waals surface area contributed by atoms with Crippen molar-refractivity contribution in [2.75, 3.05) is 0 Å². The van der Waals surface area contributed by atoms with Crippen molar-refractivity contribution in [3.05, 3.63) is 36.4 Å². The van der Waals surface area contributed by atoms with Gasteiger partial charge >= 0.3 is 23.9 Å². The third-order valence-corrected chi connectivity index (χ3v) is 11.0. The van der Waals surface area contributed by atoms with Crippen molar-refractivity contribution < 1.29 is 38.1 Å². The van der Waals surface area contributed by atoms with Gasteiger partial charge in [-0.25, -0.2) is 0 Å². The number of rotatable bonds is 24. The third-order valence-electron chi connectivity index (χ3n) is 11.0. The van der Waals surface area contributed by atoms with Gasteiger partial charge in [0.2, 0.25) is 0 Å². The second-order valence-electron chi connectivity index (χ2n) is 15.6. The molecule has 0 heterocycles. The lowest BCUT2D eigenvalue weighted by Gasteiger charge is -2.22. The Hall–Kier alpha value is -4.20. The Morgan fingerprint density at radius 1 is 0.357 bits per heavy atom. The zero-order chi connectivity index (χ0) is 40.8. The van der Waals surface area contributed by atoms with E-state index >= 15 is 0 Å². The molecule has 0 spiro atoms. The summed E-state index contributed by atoms with van der Waals surface area (Å²) in [6, 6.07) is 10.8. The summed E-state index contributed by atoms with van der Waals surface area (Å²) >= 11 is 0. The molecule has 4 aromatic rings. The molecule has 8 nitrogen and oxygen atoms in total. The average Bonchev–Trinajstić information content (AvgIpc) is 3.18.